The van der Waals surface area contributed by atoms with E-state index in [1.165, 1.54) is 0 Å². The van der Waals surface area contributed by atoms with Crippen LogP contribution in [0.15, 0.2) is 48.8 Å². The van der Waals surface area contributed by atoms with Crippen LogP contribution in [0.2, 0.25) is 0 Å². The van der Waals surface area contributed by atoms with E-state index < -0.39 is 0 Å². The minimum Gasteiger partial charge on any atom is -0.462 e. The number of esters is 1. The van der Waals surface area contributed by atoms with Gasteiger partial charge in [0.25, 0.3) is 0 Å². The molecule has 7 nitrogen and oxygen atoms in total. The molecule has 1 aromatic carbocycles. The Kier molecular flexibility index (Phi) is 4.42. The molecule has 0 atom stereocenters. The van der Waals surface area contributed by atoms with Crippen LogP contribution in [-0.2, 0) is 11.3 Å². The fourth-order valence-electron chi connectivity index (χ4n) is 3.15. The standard InChI is InChI=1S/C20H19N5O2/c1-3-27-20(26)18-13(2)15-6-4-5-7-16(15)24-19(18)22-12-14-8-10-21-17-9-11-23-25(14)17/h4-11H,3,12H2,1-2H3,(H,22,24). The number of nitrogens with one attached hydrogen (secondary N) is 1. The van der Waals surface area contributed by atoms with Crippen molar-refractivity contribution in [3.63, 3.8) is 0 Å². The van der Waals surface area contributed by atoms with Gasteiger partial charge in [-0.15, -0.1) is 0 Å². The quantitative estimate of drug-likeness (QED) is 0.549. The SMILES string of the molecule is CCOC(=O)c1c(NCc2ccnc3ccnn23)nc2ccccc2c1C. The molecule has 0 aliphatic rings. The van der Waals surface area contributed by atoms with E-state index in [1.807, 2.05) is 43.3 Å². The summed E-state index contributed by atoms with van der Waals surface area (Å²) in [5.41, 5.74) is 3.81. The fraction of sp³-hybridized carbons (Fsp3) is 0.200. The number of para-hydroxylation sites is 1. The lowest BCUT2D eigenvalue weighted by Crippen LogP contribution is -2.15. The number of pyridine rings is 1. The first kappa shape index (κ1) is 17.0. The van der Waals surface area contributed by atoms with E-state index in [1.54, 1.807) is 23.8 Å². The Labute approximate surface area is 156 Å². The molecular weight excluding hydrogens is 342 g/mol. The second-order valence-corrected chi connectivity index (χ2v) is 6.09. The predicted molar refractivity (Wildman–Crippen MR) is 103 cm³/mol. The molecule has 3 heterocycles. The Balaban J connectivity index is 1.76. The first-order valence-electron chi connectivity index (χ1n) is 8.77. The number of aromatic nitrogens is 4. The number of fused-ring (bicyclic) bond motifs is 2. The van der Waals surface area contributed by atoms with Crippen molar-refractivity contribution in [3.05, 3.63) is 65.6 Å². The van der Waals surface area contributed by atoms with Crippen LogP contribution in [-0.4, -0.2) is 32.2 Å². The maximum Gasteiger partial charge on any atom is 0.342 e. The lowest BCUT2D eigenvalue weighted by atomic mass is 10.0. The van der Waals surface area contributed by atoms with Gasteiger partial charge in [0, 0.05) is 17.6 Å². The summed E-state index contributed by atoms with van der Waals surface area (Å²) in [6, 6.07) is 11.5. The number of nitrogens with zero attached hydrogens (tertiary/aromatic N) is 4. The summed E-state index contributed by atoms with van der Waals surface area (Å²) in [6.45, 7) is 4.46. The number of hydrogen-bond donors (Lipinski definition) is 1. The Morgan fingerprint density at radius 2 is 2.04 bits per heavy atom. The molecule has 4 aromatic rings. The van der Waals surface area contributed by atoms with E-state index >= 15 is 0 Å². The zero-order valence-electron chi connectivity index (χ0n) is 15.1. The van der Waals surface area contributed by atoms with E-state index in [9.17, 15) is 4.79 Å². The normalized spacial score (nSPS) is 11.0. The predicted octanol–water partition coefficient (Wildman–Crippen LogP) is 3.37. The van der Waals surface area contributed by atoms with Gasteiger partial charge in [0.05, 0.1) is 30.6 Å². The van der Waals surface area contributed by atoms with Gasteiger partial charge in [-0.25, -0.2) is 19.3 Å². The molecule has 0 saturated heterocycles. The average molecular weight is 361 g/mol. The molecular formula is C20H19N5O2. The number of ether oxygens (including phenoxy) is 1. The summed E-state index contributed by atoms with van der Waals surface area (Å²) in [5.74, 6) is 0.122. The van der Waals surface area contributed by atoms with Gasteiger partial charge in [-0.2, -0.15) is 5.10 Å². The van der Waals surface area contributed by atoms with Gasteiger partial charge in [0.2, 0.25) is 0 Å². The molecule has 1 N–H and O–H groups in total. The molecule has 0 amide bonds. The zero-order chi connectivity index (χ0) is 18.8. The van der Waals surface area contributed by atoms with Crippen LogP contribution in [0.3, 0.4) is 0 Å². The molecule has 4 rings (SSSR count). The highest BCUT2D eigenvalue weighted by Crippen LogP contribution is 2.27. The van der Waals surface area contributed by atoms with Gasteiger partial charge < -0.3 is 10.1 Å². The van der Waals surface area contributed by atoms with Crippen LogP contribution in [0.1, 0.15) is 28.5 Å². The summed E-state index contributed by atoms with van der Waals surface area (Å²) in [4.78, 5) is 21.5. The van der Waals surface area contributed by atoms with E-state index in [-0.39, 0.29) is 5.97 Å². The van der Waals surface area contributed by atoms with E-state index in [0.29, 0.717) is 24.5 Å². The number of rotatable bonds is 5. The van der Waals surface area contributed by atoms with Crippen LogP contribution in [0.5, 0.6) is 0 Å². The maximum absolute atomic E-state index is 12.6. The monoisotopic (exact) mass is 361 g/mol. The minimum atomic E-state index is -0.380. The Morgan fingerprint density at radius 1 is 1.19 bits per heavy atom. The smallest absolute Gasteiger partial charge is 0.342 e. The molecule has 136 valence electrons. The number of aryl methyl sites for hydroxylation is 1. The second kappa shape index (κ2) is 7.03. The maximum atomic E-state index is 12.6. The van der Waals surface area contributed by atoms with E-state index in [0.717, 1.165) is 27.8 Å². The van der Waals surface area contributed by atoms with E-state index in [2.05, 4.69) is 20.4 Å². The lowest BCUT2D eigenvalue weighted by Gasteiger charge is -2.15. The van der Waals surface area contributed by atoms with Crippen LogP contribution in [0, 0.1) is 6.92 Å². The van der Waals surface area contributed by atoms with Crippen molar-refractivity contribution in [1.82, 2.24) is 19.6 Å². The molecule has 0 bridgehead atoms. The lowest BCUT2D eigenvalue weighted by molar-refractivity contribution is 0.0526. The first-order valence-corrected chi connectivity index (χ1v) is 8.77. The van der Waals surface area contributed by atoms with Gasteiger partial charge in [-0.05, 0) is 31.5 Å². The zero-order valence-corrected chi connectivity index (χ0v) is 15.1. The topological polar surface area (TPSA) is 81.4 Å². The minimum absolute atomic E-state index is 0.308. The number of hydrogen-bond acceptors (Lipinski definition) is 6. The summed E-state index contributed by atoms with van der Waals surface area (Å²) < 4.78 is 7.02. The number of benzene rings is 1. The molecule has 0 fully saturated rings. The summed E-state index contributed by atoms with van der Waals surface area (Å²) in [7, 11) is 0. The van der Waals surface area contributed by atoms with Gasteiger partial charge in [0.15, 0.2) is 5.65 Å². The third kappa shape index (κ3) is 3.08. The van der Waals surface area contributed by atoms with Crippen molar-refractivity contribution in [2.24, 2.45) is 0 Å². The van der Waals surface area contributed by atoms with Crippen molar-refractivity contribution in [2.45, 2.75) is 20.4 Å². The van der Waals surface area contributed by atoms with Gasteiger partial charge in [-0.3, -0.25) is 0 Å². The molecule has 0 aliphatic carbocycles. The number of carbonyl (C=O) groups excluding carboxylic acids is 1. The highest BCUT2D eigenvalue weighted by Gasteiger charge is 2.20. The van der Waals surface area contributed by atoms with Crippen molar-refractivity contribution in [2.75, 3.05) is 11.9 Å². The van der Waals surface area contributed by atoms with Gasteiger partial charge in [0.1, 0.15) is 11.4 Å². The van der Waals surface area contributed by atoms with Crippen molar-refractivity contribution < 1.29 is 9.53 Å². The highest BCUT2D eigenvalue weighted by atomic mass is 16.5. The Bertz CT molecular complexity index is 1140. The second-order valence-electron chi connectivity index (χ2n) is 6.09. The Hall–Kier alpha value is -3.48. The van der Waals surface area contributed by atoms with Gasteiger partial charge >= 0.3 is 5.97 Å². The summed E-state index contributed by atoms with van der Waals surface area (Å²) in [6.07, 6.45) is 3.44. The summed E-state index contributed by atoms with van der Waals surface area (Å²) >= 11 is 0. The van der Waals surface area contributed by atoms with E-state index in [4.69, 9.17) is 4.74 Å². The third-order valence-electron chi connectivity index (χ3n) is 4.44. The molecule has 0 unspecified atom stereocenters. The van der Waals surface area contributed by atoms with Gasteiger partial charge in [-0.1, -0.05) is 18.2 Å². The fourth-order valence-corrected chi connectivity index (χ4v) is 3.15. The van der Waals surface area contributed by atoms with Crippen molar-refractivity contribution in [3.8, 4) is 0 Å². The highest BCUT2D eigenvalue weighted by molar-refractivity contribution is 6.02. The molecule has 0 spiro atoms. The van der Waals surface area contributed by atoms with Crippen LogP contribution >= 0.6 is 0 Å². The molecule has 3 aromatic heterocycles. The average Bonchev–Trinajstić information content (AvgIpc) is 3.16. The first-order chi connectivity index (χ1) is 13.2. The molecule has 0 aliphatic heterocycles. The van der Waals surface area contributed by atoms with Crippen molar-refractivity contribution in [1.29, 1.82) is 0 Å². The number of anilines is 1. The Morgan fingerprint density at radius 3 is 2.89 bits per heavy atom. The van der Waals surface area contributed by atoms with Crippen LogP contribution in [0.4, 0.5) is 5.82 Å². The van der Waals surface area contributed by atoms with Crippen LogP contribution < -0.4 is 5.32 Å². The summed E-state index contributed by atoms with van der Waals surface area (Å²) in [5, 5.41) is 8.51. The molecule has 7 heteroatoms. The largest absolute Gasteiger partial charge is 0.462 e. The van der Waals surface area contributed by atoms with Crippen molar-refractivity contribution >= 4 is 28.3 Å². The molecule has 0 radical (unpaired) electrons. The molecule has 27 heavy (non-hydrogen) atoms. The third-order valence-corrected chi connectivity index (χ3v) is 4.44. The molecule has 0 saturated carbocycles. The van der Waals surface area contributed by atoms with Crippen LogP contribution in [0.25, 0.3) is 16.6 Å². The number of carbonyl (C=O) groups is 1.